The molecule has 0 bridgehead atoms. The van der Waals surface area contributed by atoms with E-state index in [1.54, 1.807) is 0 Å². The lowest BCUT2D eigenvalue weighted by molar-refractivity contribution is 0.0476. The fourth-order valence-corrected chi connectivity index (χ4v) is 2.64. The normalized spacial score (nSPS) is 14.6. The molecule has 6 heteroatoms. The van der Waals surface area contributed by atoms with Crippen molar-refractivity contribution in [1.82, 2.24) is 5.32 Å². The first-order chi connectivity index (χ1) is 9.78. The van der Waals surface area contributed by atoms with Crippen LogP contribution in [-0.4, -0.2) is 44.4 Å². The minimum Gasteiger partial charge on any atom is -0.444 e. The Hall–Kier alpha value is -0.593. The van der Waals surface area contributed by atoms with E-state index in [0.29, 0.717) is 13.0 Å². The number of aliphatic hydroxyl groups is 1. The largest absolute Gasteiger partial charge is 0.444 e. The minimum atomic E-state index is -1.73. The van der Waals surface area contributed by atoms with Gasteiger partial charge < -0.3 is 19.6 Å². The Morgan fingerprint density at radius 2 is 1.73 bits per heavy atom. The molecule has 0 aliphatic carbocycles. The van der Waals surface area contributed by atoms with Crippen molar-refractivity contribution in [2.75, 3.05) is 13.2 Å². The van der Waals surface area contributed by atoms with Gasteiger partial charge >= 0.3 is 6.09 Å². The number of carbonyl (C=O) groups excluding carboxylic acids is 1. The average Bonchev–Trinajstić information content (AvgIpc) is 2.29. The molecule has 0 aliphatic rings. The minimum absolute atomic E-state index is 0.0979. The molecule has 0 heterocycles. The Morgan fingerprint density at radius 3 is 2.14 bits per heavy atom. The summed E-state index contributed by atoms with van der Waals surface area (Å²) >= 11 is 0. The molecular formula is C16H35NO4Si. The maximum absolute atomic E-state index is 11.7. The second kappa shape index (κ2) is 8.31. The molecule has 132 valence electrons. The standard InChI is InChI=1S/C16H35NO4Si/c1-15(2,3)21-14(19)17-13(12-18)10-9-11-20-22(7,8)16(4,5)6/h13,18H,9-12H2,1-8H3,(H,17,19)/t13-/m1/s1. The summed E-state index contributed by atoms with van der Waals surface area (Å²) in [7, 11) is -1.73. The van der Waals surface area contributed by atoms with E-state index >= 15 is 0 Å². The lowest BCUT2D eigenvalue weighted by Gasteiger charge is -2.36. The van der Waals surface area contributed by atoms with Crippen LogP contribution >= 0.6 is 0 Å². The number of nitrogens with one attached hydrogen (secondary N) is 1. The van der Waals surface area contributed by atoms with Crippen LogP contribution in [0.4, 0.5) is 4.79 Å². The van der Waals surface area contributed by atoms with Gasteiger partial charge in [0, 0.05) is 6.61 Å². The molecule has 0 saturated carbocycles. The van der Waals surface area contributed by atoms with Gasteiger partial charge in [0.1, 0.15) is 5.60 Å². The monoisotopic (exact) mass is 333 g/mol. The third-order valence-corrected chi connectivity index (χ3v) is 8.45. The van der Waals surface area contributed by atoms with Gasteiger partial charge in [0.2, 0.25) is 0 Å². The summed E-state index contributed by atoms with van der Waals surface area (Å²) in [5.74, 6) is 0. The highest BCUT2D eigenvalue weighted by atomic mass is 28.4. The Labute approximate surface area is 136 Å². The van der Waals surface area contributed by atoms with Crippen LogP contribution in [-0.2, 0) is 9.16 Å². The van der Waals surface area contributed by atoms with Crippen molar-refractivity contribution in [2.24, 2.45) is 0 Å². The van der Waals surface area contributed by atoms with Crippen LogP contribution in [0.2, 0.25) is 18.1 Å². The Balaban J connectivity index is 4.14. The maximum atomic E-state index is 11.7. The molecule has 0 aromatic rings. The van der Waals surface area contributed by atoms with Gasteiger partial charge in [-0.1, -0.05) is 20.8 Å². The van der Waals surface area contributed by atoms with E-state index in [9.17, 15) is 9.90 Å². The van der Waals surface area contributed by atoms with E-state index in [1.807, 2.05) is 20.8 Å². The molecule has 22 heavy (non-hydrogen) atoms. The molecule has 0 saturated heterocycles. The molecule has 0 aromatic heterocycles. The quantitative estimate of drug-likeness (QED) is 0.551. The first-order valence-corrected chi connectivity index (χ1v) is 10.9. The summed E-state index contributed by atoms with van der Waals surface area (Å²) in [6.45, 7) is 17.1. The number of alkyl carbamates (subject to hydrolysis) is 1. The first kappa shape index (κ1) is 21.4. The van der Waals surface area contributed by atoms with Gasteiger partial charge in [0.05, 0.1) is 12.6 Å². The first-order valence-electron chi connectivity index (χ1n) is 8.03. The van der Waals surface area contributed by atoms with Gasteiger partial charge in [-0.3, -0.25) is 0 Å². The van der Waals surface area contributed by atoms with E-state index in [4.69, 9.17) is 9.16 Å². The number of aliphatic hydroxyl groups excluding tert-OH is 1. The Morgan fingerprint density at radius 1 is 1.18 bits per heavy atom. The fraction of sp³-hybridized carbons (Fsp3) is 0.938. The van der Waals surface area contributed by atoms with Crippen LogP contribution < -0.4 is 5.32 Å². The van der Waals surface area contributed by atoms with Gasteiger partial charge in [0.15, 0.2) is 8.32 Å². The molecule has 0 aliphatic heterocycles. The summed E-state index contributed by atoms with van der Waals surface area (Å²) in [6.07, 6.45) is 0.981. The number of rotatable bonds is 7. The van der Waals surface area contributed by atoms with Crippen molar-refractivity contribution in [3.8, 4) is 0 Å². The number of hydrogen-bond donors (Lipinski definition) is 2. The third-order valence-electron chi connectivity index (χ3n) is 3.91. The predicted molar refractivity (Wildman–Crippen MR) is 92.6 cm³/mol. The van der Waals surface area contributed by atoms with Gasteiger partial charge in [-0.05, 0) is 51.7 Å². The van der Waals surface area contributed by atoms with E-state index in [0.717, 1.165) is 6.42 Å². The molecule has 1 amide bonds. The van der Waals surface area contributed by atoms with E-state index < -0.39 is 20.0 Å². The maximum Gasteiger partial charge on any atom is 0.407 e. The summed E-state index contributed by atoms with van der Waals surface area (Å²) in [6, 6.07) is -0.294. The molecule has 5 nitrogen and oxygen atoms in total. The fourth-order valence-electron chi connectivity index (χ4n) is 1.56. The van der Waals surface area contributed by atoms with Crippen molar-refractivity contribution < 1.29 is 19.1 Å². The van der Waals surface area contributed by atoms with E-state index in [2.05, 4.69) is 39.2 Å². The van der Waals surface area contributed by atoms with Crippen LogP contribution in [0.5, 0.6) is 0 Å². The second-order valence-corrected chi connectivity index (χ2v) is 13.1. The Bertz CT molecular complexity index is 345. The van der Waals surface area contributed by atoms with Crippen LogP contribution in [0.3, 0.4) is 0 Å². The molecule has 0 spiro atoms. The lowest BCUT2D eigenvalue weighted by atomic mass is 10.2. The summed E-state index contributed by atoms with van der Waals surface area (Å²) in [4.78, 5) is 11.7. The third kappa shape index (κ3) is 8.75. The van der Waals surface area contributed by atoms with Crippen molar-refractivity contribution in [3.63, 3.8) is 0 Å². The molecule has 0 rings (SSSR count). The number of carbonyl (C=O) groups is 1. The molecule has 0 aromatic carbocycles. The second-order valence-electron chi connectivity index (χ2n) is 8.28. The average molecular weight is 334 g/mol. The molecule has 1 atom stereocenters. The van der Waals surface area contributed by atoms with Crippen molar-refractivity contribution in [3.05, 3.63) is 0 Å². The van der Waals surface area contributed by atoms with Crippen LogP contribution in [0, 0.1) is 0 Å². The lowest BCUT2D eigenvalue weighted by Crippen LogP contribution is -2.42. The van der Waals surface area contributed by atoms with Crippen LogP contribution in [0.15, 0.2) is 0 Å². The topological polar surface area (TPSA) is 67.8 Å². The molecule has 0 fully saturated rings. The highest BCUT2D eigenvalue weighted by Crippen LogP contribution is 2.36. The van der Waals surface area contributed by atoms with Crippen molar-refractivity contribution in [2.45, 2.75) is 84.2 Å². The van der Waals surface area contributed by atoms with Crippen molar-refractivity contribution >= 4 is 14.4 Å². The predicted octanol–water partition coefficient (Wildman–Crippen LogP) is 3.67. The zero-order valence-electron chi connectivity index (χ0n) is 15.6. The van der Waals surface area contributed by atoms with Crippen molar-refractivity contribution in [1.29, 1.82) is 0 Å². The van der Waals surface area contributed by atoms with Gasteiger partial charge in [0.25, 0.3) is 0 Å². The summed E-state index contributed by atoms with van der Waals surface area (Å²) in [5.41, 5.74) is -0.532. The Kier molecular flexibility index (Phi) is 8.09. The molecule has 2 N–H and O–H groups in total. The van der Waals surface area contributed by atoms with E-state index in [-0.39, 0.29) is 17.7 Å². The van der Waals surface area contributed by atoms with Gasteiger partial charge in [-0.2, -0.15) is 0 Å². The zero-order chi connectivity index (χ0) is 17.6. The zero-order valence-corrected chi connectivity index (χ0v) is 16.6. The smallest absolute Gasteiger partial charge is 0.407 e. The van der Waals surface area contributed by atoms with Gasteiger partial charge in [-0.15, -0.1) is 0 Å². The highest BCUT2D eigenvalue weighted by molar-refractivity contribution is 6.74. The molecule has 0 radical (unpaired) electrons. The molecular weight excluding hydrogens is 298 g/mol. The number of amides is 1. The van der Waals surface area contributed by atoms with Gasteiger partial charge in [-0.25, -0.2) is 4.79 Å². The van der Waals surface area contributed by atoms with Crippen LogP contribution in [0.1, 0.15) is 54.4 Å². The summed E-state index contributed by atoms with van der Waals surface area (Å²) in [5, 5.41) is 12.2. The highest BCUT2D eigenvalue weighted by Gasteiger charge is 2.36. The number of hydrogen-bond acceptors (Lipinski definition) is 4. The number of ether oxygens (including phenoxy) is 1. The van der Waals surface area contributed by atoms with Crippen LogP contribution in [0.25, 0.3) is 0 Å². The SMILES string of the molecule is CC(C)(C)OC(=O)N[C@@H](CO)CCCO[Si](C)(C)C(C)(C)C. The molecule has 0 unspecified atom stereocenters. The van der Waals surface area contributed by atoms with E-state index in [1.165, 1.54) is 0 Å². The summed E-state index contributed by atoms with van der Waals surface area (Å²) < 4.78 is 11.3.